The van der Waals surface area contributed by atoms with E-state index in [0.29, 0.717) is 6.17 Å². The average molecular weight is 337 g/mol. The molecule has 0 saturated heterocycles. The van der Waals surface area contributed by atoms with E-state index >= 15 is 0 Å². The van der Waals surface area contributed by atoms with Crippen molar-refractivity contribution >= 4 is 12.1 Å². The van der Waals surface area contributed by atoms with Crippen LogP contribution >= 0.6 is 0 Å². The molecule has 2 atom stereocenters. The smallest absolute Gasteiger partial charge is 0.217 e. The first-order valence-corrected chi connectivity index (χ1v) is 9.87. The molecule has 138 valence electrons. The summed E-state index contributed by atoms with van der Waals surface area (Å²) in [4.78, 5) is 15.8. The minimum atomic E-state index is 0.0651. The Hall–Kier alpha value is -1.16. The fraction of sp³-hybridized carbons (Fsp3) is 0.800. The second-order valence-corrected chi connectivity index (χ2v) is 7.00. The first kappa shape index (κ1) is 20.9. The van der Waals surface area contributed by atoms with Gasteiger partial charge >= 0.3 is 0 Å². The molecule has 2 unspecified atom stereocenters. The number of aliphatic imine (C=N–C) groups is 1. The van der Waals surface area contributed by atoms with E-state index in [1.165, 1.54) is 51.4 Å². The molecule has 1 rings (SSSR count). The zero-order chi connectivity index (χ0) is 17.7. The van der Waals surface area contributed by atoms with Crippen LogP contribution in [-0.4, -0.2) is 48.9 Å². The van der Waals surface area contributed by atoms with Crippen molar-refractivity contribution in [3.63, 3.8) is 0 Å². The summed E-state index contributed by atoms with van der Waals surface area (Å²) >= 11 is 0. The number of likely N-dealkylation sites (N-methyl/N-ethyl adjacent to an activating group) is 1. The Labute approximate surface area is 149 Å². The summed E-state index contributed by atoms with van der Waals surface area (Å²) in [5, 5.41) is 2.94. The molecule has 0 aromatic rings. The molecule has 24 heavy (non-hydrogen) atoms. The van der Waals surface area contributed by atoms with Gasteiger partial charge < -0.3 is 5.32 Å². The third kappa shape index (κ3) is 7.61. The molecule has 1 aliphatic heterocycles. The zero-order valence-corrected chi connectivity index (χ0v) is 16.1. The van der Waals surface area contributed by atoms with E-state index in [1.807, 2.05) is 0 Å². The quantitative estimate of drug-likeness (QED) is 0.307. The summed E-state index contributed by atoms with van der Waals surface area (Å²) < 4.78 is 1.02. The molecular weight excluding hydrogens is 298 g/mol. The van der Waals surface area contributed by atoms with Gasteiger partial charge in [-0.3, -0.25) is 9.28 Å². The predicted octanol–water partition coefficient (Wildman–Crippen LogP) is 4.07. The fourth-order valence-corrected chi connectivity index (χ4v) is 3.60. The Kier molecular flexibility index (Phi) is 10.6. The van der Waals surface area contributed by atoms with Gasteiger partial charge in [0.2, 0.25) is 5.91 Å². The largest absolute Gasteiger partial charge is 0.351 e. The zero-order valence-electron chi connectivity index (χ0n) is 16.1. The number of nitrogens with zero attached hydrogens (tertiary/aromatic N) is 2. The van der Waals surface area contributed by atoms with Gasteiger partial charge in [0, 0.05) is 13.3 Å². The average Bonchev–Trinajstić information content (AvgIpc) is 2.96. The highest BCUT2D eigenvalue weighted by molar-refractivity contribution is 5.72. The normalized spacial score (nSPS) is 23.2. The van der Waals surface area contributed by atoms with Crippen LogP contribution in [0.4, 0.5) is 0 Å². The van der Waals surface area contributed by atoms with Crippen LogP contribution in [-0.2, 0) is 4.79 Å². The van der Waals surface area contributed by atoms with Gasteiger partial charge in [-0.1, -0.05) is 37.8 Å². The number of carbonyl (C=O) groups is 1. The number of hydrogen-bond donors (Lipinski definition) is 1. The predicted molar refractivity (Wildman–Crippen MR) is 103 cm³/mol. The Morgan fingerprint density at radius 3 is 2.62 bits per heavy atom. The van der Waals surface area contributed by atoms with Gasteiger partial charge in [-0.2, -0.15) is 0 Å². The Morgan fingerprint density at radius 2 is 1.96 bits per heavy atom. The van der Waals surface area contributed by atoms with E-state index in [2.05, 4.69) is 37.5 Å². The fourth-order valence-electron chi connectivity index (χ4n) is 3.60. The SMILES string of the molecule is C/C=C/CCCCCCCCC1N=CC[N+]1(CC)CCNC(C)=O. The molecule has 1 aliphatic rings. The second-order valence-electron chi connectivity index (χ2n) is 7.00. The third-order valence-electron chi connectivity index (χ3n) is 5.23. The molecule has 0 radical (unpaired) electrons. The summed E-state index contributed by atoms with van der Waals surface area (Å²) in [6.45, 7) is 9.80. The molecule has 0 spiro atoms. The van der Waals surface area contributed by atoms with Gasteiger partial charge in [0.1, 0.15) is 6.54 Å². The maximum atomic E-state index is 11.1. The maximum Gasteiger partial charge on any atom is 0.217 e. The number of hydrogen-bond acceptors (Lipinski definition) is 2. The van der Waals surface area contributed by atoms with E-state index in [-0.39, 0.29) is 5.91 Å². The number of carbonyl (C=O) groups excluding carboxylic acids is 1. The van der Waals surface area contributed by atoms with Crippen molar-refractivity contribution in [2.24, 2.45) is 4.99 Å². The van der Waals surface area contributed by atoms with Crippen molar-refractivity contribution in [1.29, 1.82) is 0 Å². The second kappa shape index (κ2) is 12.2. The standard InChI is InChI=1S/C20H37N3O/c1-4-6-7-8-9-10-11-12-13-14-20-22-16-18-23(20,5-2)17-15-21-19(3)24/h4,6,16,20H,5,7-15,17-18H2,1-3H3/p+1/b6-4+. The highest BCUT2D eigenvalue weighted by Gasteiger charge is 2.37. The van der Waals surface area contributed by atoms with Gasteiger partial charge in [0.15, 0.2) is 6.17 Å². The van der Waals surface area contributed by atoms with Crippen molar-refractivity contribution in [1.82, 2.24) is 5.32 Å². The van der Waals surface area contributed by atoms with Crippen LogP contribution in [0.15, 0.2) is 17.1 Å². The molecule has 0 aliphatic carbocycles. The molecule has 1 amide bonds. The summed E-state index contributed by atoms with van der Waals surface area (Å²) in [7, 11) is 0. The van der Waals surface area contributed by atoms with Crippen LogP contribution in [0.25, 0.3) is 0 Å². The van der Waals surface area contributed by atoms with Crippen molar-refractivity contribution in [2.75, 3.05) is 26.2 Å². The number of allylic oxidation sites excluding steroid dienone is 2. The van der Waals surface area contributed by atoms with Crippen LogP contribution in [0.3, 0.4) is 0 Å². The minimum absolute atomic E-state index is 0.0651. The third-order valence-corrected chi connectivity index (χ3v) is 5.23. The van der Waals surface area contributed by atoms with Crippen LogP contribution in [0, 0.1) is 0 Å². The van der Waals surface area contributed by atoms with Crippen molar-refractivity contribution in [3.8, 4) is 0 Å². The van der Waals surface area contributed by atoms with Gasteiger partial charge in [-0.05, 0) is 33.1 Å². The number of rotatable bonds is 13. The topological polar surface area (TPSA) is 41.5 Å². The van der Waals surface area contributed by atoms with Crippen LogP contribution in [0.2, 0.25) is 0 Å². The van der Waals surface area contributed by atoms with Crippen LogP contribution in [0.5, 0.6) is 0 Å². The molecule has 1 heterocycles. The Bertz CT molecular complexity index is 406. The van der Waals surface area contributed by atoms with Crippen molar-refractivity contribution in [3.05, 3.63) is 12.2 Å². The lowest BCUT2D eigenvalue weighted by molar-refractivity contribution is -0.935. The van der Waals surface area contributed by atoms with E-state index in [0.717, 1.165) is 30.7 Å². The van der Waals surface area contributed by atoms with Gasteiger partial charge in [0.05, 0.1) is 25.8 Å². The van der Waals surface area contributed by atoms with E-state index in [4.69, 9.17) is 4.99 Å². The van der Waals surface area contributed by atoms with Crippen LogP contribution in [0.1, 0.15) is 72.1 Å². The Morgan fingerprint density at radius 1 is 1.25 bits per heavy atom. The Balaban J connectivity index is 2.19. The lowest BCUT2D eigenvalue weighted by atomic mass is 10.1. The summed E-state index contributed by atoms with van der Waals surface area (Å²) in [5.41, 5.74) is 0. The van der Waals surface area contributed by atoms with E-state index in [1.54, 1.807) is 6.92 Å². The molecule has 0 aromatic carbocycles. The number of amides is 1. The summed E-state index contributed by atoms with van der Waals surface area (Å²) in [6.07, 6.45) is 17.3. The van der Waals surface area contributed by atoms with E-state index in [9.17, 15) is 4.79 Å². The molecular formula is C20H38N3O+. The lowest BCUT2D eigenvalue weighted by Crippen LogP contribution is -2.55. The number of quaternary nitrogens is 1. The van der Waals surface area contributed by atoms with Crippen LogP contribution < -0.4 is 5.32 Å². The molecule has 0 aromatic heterocycles. The molecule has 0 saturated carbocycles. The molecule has 0 fully saturated rings. The first-order chi connectivity index (χ1) is 11.6. The van der Waals surface area contributed by atoms with Crippen molar-refractivity contribution in [2.45, 2.75) is 78.3 Å². The molecule has 1 N–H and O–H groups in total. The maximum absolute atomic E-state index is 11.1. The first-order valence-electron chi connectivity index (χ1n) is 9.87. The van der Waals surface area contributed by atoms with Crippen molar-refractivity contribution < 1.29 is 9.28 Å². The lowest BCUT2D eigenvalue weighted by Gasteiger charge is -2.38. The van der Waals surface area contributed by atoms with E-state index < -0.39 is 0 Å². The summed E-state index contributed by atoms with van der Waals surface area (Å²) in [6, 6.07) is 0. The number of nitrogens with one attached hydrogen (secondary N) is 1. The van der Waals surface area contributed by atoms with Gasteiger partial charge in [-0.15, -0.1) is 0 Å². The number of unbranched alkanes of at least 4 members (excludes halogenated alkanes) is 6. The monoisotopic (exact) mass is 336 g/mol. The molecule has 4 nitrogen and oxygen atoms in total. The summed E-state index contributed by atoms with van der Waals surface area (Å²) in [5.74, 6) is 0.0651. The van der Waals surface area contributed by atoms with Gasteiger partial charge in [0.25, 0.3) is 0 Å². The molecule has 0 bridgehead atoms. The highest BCUT2D eigenvalue weighted by Crippen LogP contribution is 2.24. The van der Waals surface area contributed by atoms with Gasteiger partial charge in [-0.25, -0.2) is 4.99 Å². The molecule has 4 heteroatoms. The minimum Gasteiger partial charge on any atom is -0.351 e. The highest BCUT2D eigenvalue weighted by atomic mass is 16.1.